The van der Waals surface area contributed by atoms with Crippen LogP contribution in [0.5, 0.6) is 11.5 Å². The van der Waals surface area contributed by atoms with Gasteiger partial charge >= 0.3 is 0 Å². The summed E-state index contributed by atoms with van der Waals surface area (Å²) in [5.41, 5.74) is 3.44. The van der Waals surface area contributed by atoms with Gasteiger partial charge in [-0.15, -0.1) is 0 Å². The molecule has 1 amide bonds. The first-order valence-electron chi connectivity index (χ1n) is 9.43. The number of amides is 1. The number of carbonyl (C=O) groups is 2. The standard InChI is InChI=1S/C23H23NO4/c1-27-16-8-9-17(21(12-16)28-2)18-13-22(26)24-19-10-15(11-20(25)23(18)19)14-6-4-3-5-7-14/h3-9,12,15,18H,10-11,13H2,1-2H3,(H,24,26). The van der Waals surface area contributed by atoms with Crippen LogP contribution >= 0.6 is 0 Å². The van der Waals surface area contributed by atoms with Gasteiger partial charge in [0.15, 0.2) is 5.78 Å². The van der Waals surface area contributed by atoms with Gasteiger partial charge in [0.05, 0.1) is 14.2 Å². The third-order valence-electron chi connectivity index (χ3n) is 5.62. The molecule has 0 aromatic heterocycles. The van der Waals surface area contributed by atoms with Crippen molar-refractivity contribution >= 4 is 11.7 Å². The molecule has 2 atom stereocenters. The first kappa shape index (κ1) is 18.3. The molecule has 28 heavy (non-hydrogen) atoms. The number of hydrogen-bond acceptors (Lipinski definition) is 4. The summed E-state index contributed by atoms with van der Waals surface area (Å²) < 4.78 is 10.8. The van der Waals surface area contributed by atoms with Crippen LogP contribution in [0.4, 0.5) is 0 Å². The van der Waals surface area contributed by atoms with Gasteiger partial charge in [-0.1, -0.05) is 36.4 Å². The molecule has 5 nitrogen and oxygen atoms in total. The maximum absolute atomic E-state index is 13.2. The van der Waals surface area contributed by atoms with Gasteiger partial charge in [-0.25, -0.2) is 0 Å². The predicted octanol–water partition coefficient (Wildman–Crippen LogP) is 3.71. The van der Waals surface area contributed by atoms with Crippen LogP contribution in [0.2, 0.25) is 0 Å². The van der Waals surface area contributed by atoms with Crippen molar-refractivity contribution in [2.24, 2.45) is 0 Å². The van der Waals surface area contributed by atoms with E-state index < -0.39 is 0 Å². The molecule has 0 radical (unpaired) electrons. The molecule has 0 bridgehead atoms. The average Bonchev–Trinajstić information content (AvgIpc) is 2.72. The zero-order chi connectivity index (χ0) is 19.7. The Morgan fingerprint density at radius 1 is 0.929 bits per heavy atom. The lowest BCUT2D eigenvalue weighted by Gasteiger charge is -2.35. The highest BCUT2D eigenvalue weighted by atomic mass is 16.5. The topological polar surface area (TPSA) is 64.6 Å². The minimum Gasteiger partial charge on any atom is -0.497 e. The number of allylic oxidation sites excluding steroid dienone is 2. The number of methoxy groups -OCH3 is 2. The van der Waals surface area contributed by atoms with Crippen LogP contribution in [0.3, 0.4) is 0 Å². The van der Waals surface area contributed by atoms with Gasteiger partial charge in [0.1, 0.15) is 11.5 Å². The van der Waals surface area contributed by atoms with Gasteiger partial charge in [0.25, 0.3) is 0 Å². The van der Waals surface area contributed by atoms with Crippen LogP contribution in [-0.4, -0.2) is 25.9 Å². The molecule has 0 fully saturated rings. The largest absolute Gasteiger partial charge is 0.497 e. The van der Waals surface area contributed by atoms with E-state index in [4.69, 9.17) is 9.47 Å². The average molecular weight is 377 g/mol. The van der Waals surface area contributed by atoms with E-state index in [2.05, 4.69) is 5.32 Å². The van der Waals surface area contributed by atoms with Crippen molar-refractivity contribution in [1.82, 2.24) is 5.32 Å². The maximum Gasteiger partial charge on any atom is 0.225 e. The summed E-state index contributed by atoms with van der Waals surface area (Å²) in [6.45, 7) is 0. The number of hydrogen-bond donors (Lipinski definition) is 1. The number of rotatable bonds is 4. The summed E-state index contributed by atoms with van der Waals surface area (Å²) in [5, 5.41) is 2.96. The SMILES string of the molecule is COc1ccc(C2CC(=O)NC3=C2C(=O)CC(c2ccccc2)C3)c(OC)c1. The molecular formula is C23H23NO4. The summed E-state index contributed by atoms with van der Waals surface area (Å²) in [6.07, 6.45) is 1.35. The Morgan fingerprint density at radius 3 is 2.43 bits per heavy atom. The second-order valence-corrected chi connectivity index (χ2v) is 7.24. The normalized spacial score (nSPS) is 21.8. The van der Waals surface area contributed by atoms with Gasteiger partial charge in [-0.05, 0) is 24.0 Å². The molecule has 1 aliphatic carbocycles. The summed E-state index contributed by atoms with van der Waals surface area (Å²) in [7, 11) is 3.18. The Labute approximate surface area is 164 Å². The van der Waals surface area contributed by atoms with Crippen LogP contribution in [0, 0.1) is 0 Å². The molecule has 144 valence electrons. The highest BCUT2D eigenvalue weighted by Gasteiger charge is 2.39. The molecular weight excluding hydrogens is 354 g/mol. The van der Waals surface area contributed by atoms with Gasteiger partial charge in [0.2, 0.25) is 5.91 Å². The van der Waals surface area contributed by atoms with Crippen molar-refractivity contribution in [1.29, 1.82) is 0 Å². The minimum absolute atomic E-state index is 0.0665. The molecule has 2 unspecified atom stereocenters. The molecule has 1 aliphatic heterocycles. The van der Waals surface area contributed by atoms with Crippen molar-refractivity contribution in [3.05, 3.63) is 70.9 Å². The van der Waals surface area contributed by atoms with Crippen LogP contribution in [-0.2, 0) is 9.59 Å². The first-order valence-corrected chi connectivity index (χ1v) is 9.43. The smallest absolute Gasteiger partial charge is 0.225 e. The van der Waals surface area contributed by atoms with Gasteiger partial charge in [-0.3, -0.25) is 9.59 Å². The third-order valence-corrected chi connectivity index (χ3v) is 5.62. The second kappa shape index (κ2) is 7.50. The number of ether oxygens (including phenoxy) is 2. The lowest BCUT2D eigenvalue weighted by atomic mass is 9.73. The maximum atomic E-state index is 13.2. The fourth-order valence-corrected chi connectivity index (χ4v) is 4.29. The molecule has 2 aliphatic rings. The fraction of sp³-hybridized carbons (Fsp3) is 0.304. The summed E-state index contributed by atoms with van der Waals surface area (Å²) in [6, 6.07) is 15.5. The zero-order valence-corrected chi connectivity index (χ0v) is 16.0. The quantitative estimate of drug-likeness (QED) is 0.882. The fourth-order valence-electron chi connectivity index (χ4n) is 4.29. The van der Waals surface area contributed by atoms with Crippen molar-refractivity contribution in [3.63, 3.8) is 0 Å². The third kappa shape index (κ3) is 3.28. The number of benzene rings is 2. The second-order valence-electron chi connectivity index (χ2n) is 7.24. The Balaban J connectivity index is 1.74. The van der Waals surface area contributed by atoms with E-state index in [0.29, 0.717) is 24.3 Å². The Morgan fingerprint density at radius 2 is 1.71 bits per heavy atom. The summed E-state index contributed by atoms with van der Waals surface area (Å²) in [5.74, 6) is 1.12. The molecule has 2 aromatic rings. The van der Waals surface area contributed by atoms with Crippen molar-refractivity contribution in [2.75, 3.05) is 14.2 Å². The molecule has 4 rings (SSSR count). The predicted molar refractivity (Wildman–Crippen MR) is 105 cm³/mol. The Bertz CT molecular complexity index is 948. The van der Waals surface area contributed by atoms with Crippen LogP contribution < -0.4 is 14.8 Å². The van der Waals surface area contributed by atoms with Crippen molar-refractivity contribution in [2.45, 2.75) is 31.1 Å². The zero-order valence-electron chi connectivity index (χ0n) is 16.0. The Kier molecular flexibility index (Phi) is 4.90. The molecule has 1 N–H and O–H groups in total. The van der Waals surface area contributed by atoms with E-state index >= 15 is 0 Å². The van der Waals surface area contributed by atoms with E-state index in [1.54, 1.807) is 20.3 Å². The molecule has 0 spiro atoms. The molecule has 5 heteroatoms. The number of nitrogens with one attached hydrogen (secondary N) is 1. The van der Waals surface area contributed by atoms with Crippen LogP contribution in [0.1, 0.15) is 42.2 Å². The summed E-state index contributed by atoms with van der Waals surface area (Å²) >= 11 is 0. The minimum atomic E-state index is -0.297. The molecule has 0 saturated carbocycles. The highest BCUT2D eigenvalue weighted by Crippen LogP contribution is 2.45. The molecule has 0 saturated heterocycles. The van der Waals surface area contributed by atoms with Gasteiger partial charge in [-0.2, -0.15) is 0 Å². The van der Waals surface area contributed by atoms with E-state index in [0.717, 1.165) is 22.4 Å². The summed E-state index contributed by atoms with van der Waals surface area (Å²) in [4.78, 5) is 25.6. The Hall–Kier alpha value is -3.08. The monoisotopic (exact) mass is 377 g/mol. The van der Waals surface area contributed by atoms with Gasteiger partial charge in [0, 0.05) is 41.7 Å². The molecule has 2 aromatic carbocycles. The van der Waals surface area contributed by atoms with E-state index in [-0.39, 0.29) is 29.9 Å². The van der Waals surface area contributed by atoms with Crippen molar-refractivity contribution < 1.29 is 19.1 Å². The molecule has 1 heterocycles. The number of carbonyl (C=O) groups excluding carboxylic acids is 2. The lowest BCUT2D eigenvalue weighted by molar-refractivity contribution is -0.122. The first-order chi connectivity index (χ1) is 13.6. The van der Waals surface area contributed by atoms with Gasteiger partial charge < -0.3 is 14.8 Å². The number of Topliss-reactive ketones (excluding diaryl/α,β-unsaturated/α-hetero) is 1. The van der Waals surface area contributed by atoms with Crippen LogP contribution in [0.15, 0.2) is 59.8 Å². The van der Waals surface area contributed by atoms with E-state index in [1.165, 1.54) is 0 Å². The number of ketones is 1. The van der Waals surface area contributed by atoms with E-state index in [1.807, 2.05) is 42.5 Å². The van der Waals surface area contributed by atoms with Crippen molar-refractivity contribution in [3.8, 4) is 11.5 Å². The van der Waals surface area contributed by atoms with E-state index in [9.17, 15) is 9.59 Å². The highest BCUT2D eigenvalue weighted by molar-refractivity contribution is 6.02. The van der Waals surface area contributed by atoms with Crippen LogP contribution in [0.25, 0.3) is 0 Å². The lowest BCUT2D eigenvalue weighted by Crippen LogP contribution is -2.38.